The lowest BCUT2D eigenvalue weighted by molar-refractivity contribution is 0.0639. The maximum Gasteiger partial charge on any atom is 0.119 e. The van der Waals surface area contributed by atoms with Crippen LogP contribution in [0.2, 0.25) is 0 Å². The fraction of sp³-hybridized carbons (Fsp3) is 0.250. The predicted molar refractivity (Wildman–Crippen MR) is 107 cm³/mol. The molecular weight excluding hydrogens is 334 g/mol. The zero-order chi connectivity index (χ0) is 18.3. The molecule has 3 aromatic carbocycles. The smallest absolute Gasteiger partial charge is 0.119 e. The van der Waals surface area contributed by atoms with Gasteiger partial charge in [-0.2, -0.15) is 0 Å². The highest BCUT2D eigenvalue weighted by atomic mass is 16.7. The monoisotopic (exact) mass is 357 g/mol. The van der Waals surface area contributed by atoms with Gasteiger partial charge in [-0.15, -0.1) is 0 Å². The van der Waals surface area contributed by atoms with E-state index in [0.29, 0.717) is 0 Å². The molecule has 5 rings (SSSR count). The van der Waals surface area contributed by atoms with Crippen molar-refractivity contribution >= 4 is 5.69 Å². The number of nitrogens with zero attached hydrogens (tertiary/aromatic N) is 1. The lowest BCUT2D eigenvalue weighted by atomic mass is 9.83. The largest absolute Gasteiger partial charge is 0.497 e. The number of ether oxygens (including phenoxy) is 1. The minimum atomic E-state index is 0.0750. The number of hydrogen-bond acceptors (Lipinski definition) is 3. The zero-order valence-electron chi connectivity index (χ0n) is 15.4. The van der Waals surface area contributed by atoms with Gasteiger partial charge in [-0.25, -0.2) is 5.06 Å². The summed E-state index contributed by atoms with van der Waals surface area (Å²) in [5.41, 5.74) is 3.75. The van der Waals surface area contributed by atoms with Gasteiger partial charge < -0.3 is 4.74 Å². The molecule has 3 nitrogen and oxygen atoms in total. The van der Waals surface area contributed by atoms with Crippen LogP contribution >= 0.6 is 0 Å². The topological polar surface area (TPSA) is 21.7 Å². The normalized spacial score (nSPS) is 22.8. The molecule has 3 aromatic rings. The second-order valence-corrected chi connectivity index (χ2v) is 7.47. The third-order valence-electron chi connectivity index (χ3n) is 5.89. The van der Waals surface area contributed by atoms with Crippen LogP contribution in [0.15, 0.2) is 84.9 Å². The van der Waals surface area contributed by atoms with E-state index in [1.165, 1.54) is 24.0 Å². The first kappa shape index (κ1) is 16.4. The molecule has 0 N–H and O–H groups in total. The molecule has 1 heterocycles. The number of benzene rings is 3. The van der Waals surface area contributed by atoms with Gasteiger partial charge in [-0.05, 0) is 48.2 Å². The van der Waals surface area contributed by atoms with Gasteiger partial charge in [0.1, 0.15) is 11.9 Å². The molecule has 2 atom stereocenters. The molecule has 0 aromatic heterocycles. The average molecular weight is 357 g/mol. The maximum atomic E-state index is 6.64. The van der Waals surface area contributed by atoms with Crippen LogP contribution in [-0.4, -0.2) is 7.11 Å². The zero-order valence-corrected chi connectivity index (χ0v) is 15.4. The Morgan fingerprint density at radius 2 is 1.44 bits per heavy atom. The Morgan fingerprint density at radius 1 is 0.815 bits per heavy atom. The summed E-state index contributed by atoms with van der Waals surface area (Å²) in [5, 5.41) is 2.13. The van der Waals surface area contributed by atoms with Crippen molar-refractivity contribution in [2.24, 2.45) is 5.41 Å². The number of hydroxylamine groups is 1. The summed E-state index contributed by atoms with van der Waals surface area (Å²) in [7, 11) is 1.71. The maximum absolute atomic E-state index is 6.64. The molecule has 1 aliphatic carbocycles. The van der Waals surface area contributed by atoms with Crippen LogP contribution in [0, 0.1) is 5.41 Å². The van der Waals surface area contributed by atoms with Crippen molar-refractivity contribution in [1.82, 2.24) is 0 Å². The number of anilines is 1. The summed E-state index contributed by atoms with van der Waals surface area (Å²) < 4.78 is 5.36. The van der Waals surface area contributed by atoms with Gasteiger partial charge in [0.25, 0.3) is 0 Å². The Kier molecular flexibility index (Phi) is 3.91. The van der Waals surface area contributed by atoms with E-state index >= 15 is 0 Å². The fourth-order valence-electron chi connectivity index (χ4n) is 4.40. The van der Waals surface area contributed by atoms with Gasteiger partial charge in [0, 0.05) is 5.41 Å². The van der Waals surface area contributed by atoms with Crippen molar-refractivity contribution in [3.8, 4) is 5.75 Å². The fourth-order valence-corrected chi connectivity index (χ4v) is 4.40. The van der Waals surface area contributed by atoms with Gasteiger partial charge in [0.05, 0.1) is 18.8 Å². The number of methoxy groups -OCH3 is 1. The molecule has 2 aliphatic rings. The molecule has 0 unspecified atom stereocenters. The molecule has 27 heavy (non-hydrogen) atoms. The molecule has 1 saturated heterocycles. The number of rotatable bonds is 4. The molecule has 0 radical (unpaired) electrons. The molecule has 3 heteroatoms. The third-order valence-corrected chi connectivity index (χ3v) is 5.89. The molecule has 0 bridgehead atoms. The van der Waals surface area contributed by atoms with Crippen molar-refractivity contribution in [1.29, 1.82) is 0 Å². The van der Waals surface area contributed by atoms with Gasteiger partial charge >= 0.3 is 0 Å². The molecule has 1 aliphatic heterocycles. The Hall–Kier alpha value is -2.78. The van der Waals surface area contributed by atoms with E-state index in [0.717, 1.165) is 11.4 Å². The highest BCUT2D eigenvalue weighted by Crippen LogP contribution is 2.70. The predicted octanol–water partition coefficient (Wildman–Crippen LogP) is 5.71. The van der Waals surface area contributed by atoms with E-state index in [-0.39, 0.29) is 17.6 Å². The summed E-state index contributed by atoms with van der Waals surface area (Å²) in [5.74, 6) is 0.883. The second kappa shape index (κ2) is 6.43. The average Bonchev–Trinajstić information content (AvgIpc) is 3.45. The van der Waals surface area contributed by atoms with E-state index < -0.39 is 0 Å². The lowest BCUT2D eigenvalue weighted by Crippen LogP contribution is -2.24. The minimum Gasteiger partial charge on any atom is -0.497 e. The third kappa shape index (κ3) is 2.70. The quantitative estimate of drug-likeness (QED) is 0.597. The second-order valence-electron chi connectivity index (χ2n) is 7.47. The number of hydrogen-bond donors (Lipinski definition) is 0. The standard InChI is InChI=1S/C24H23NO2/c1-26-21-14-12-18(13-15-21)22-24(16-17-24)23(19-8-4-2-5-9-19)27-25(22)20-10-6-3-7-11-20/h2-15,22-23H,16-17H2,1H3/t22-,23+/m0/s1. The molecule has 0 amide bonds. The Bertz CT molecular complexity index is 904. The van der Waals surface area contributed by atoms with Crippen molar-refractivity contribution in [2.45, 2.75) is 25.0 Å². The van der Waals surface area contributed by atoms with Crippen LogP contribution in [0.1, 0.15) is 36.1 Å². The highest BCUT2D eigenvalue weighted by Gasteiger charge is 2.64. The molecule has 1 spiro atoms. The summed E-state index contributed by atoms with van der Waals surface area (Å²) in [6, 6.07) is 29.7. The van der Waals surface area contributed by atoms with Crippen molar-refractivity contribution in [2.75, 3.05) is 12.2 Å². The SMILES string of the molecule is COc1ccc([C@@H]2N(c3ccccc3)O[C@H](c3ccccc3)C23CC3)cc1. The number of para-hydroxylation sites is 1. The summed E-state index contributed by atoms with van der Waals surface area (Å²) in [6.45, 7) is 0. The van der Waals surface area contributed by atoms with Crippen molar-refractivity contribution in [3.05, 3.63) is 96.1 Å². The van der Waals surface area contributed by atoms with Crippen molar-refractivity contribution in [3.63, 3.8) is 0 Å². The summed E-state index contributed by atoms with van der Waals surface area (Å²) in [4.78, 5) is 6.64. The van der Waals surface area contributed by atoms with E-state index in [1.54, 1.807) is 7.11 Å². The Balaban J connectivity index is 1.60. The van der Waals surface area contributed by atoms with Crippen LogP contribution in [0.4, 0.5) is 5.69 Å². The van der Waals surface area contributed by atoms with Gasteiger partial charge in [-0.1, -0.05) is 60.7 Å². The molecular formula is C24H23NO2. The van der Waals surface area contributed by atoms with Crippen LogP contribution in [0.25, 0.3) is 0 Å². The van der Waals surface area contributed by atoms with Gasteiger partial charge in [0.15, 0.2) is 0 Å². The van der Waals surface area contributed by atoms with Crippen LogP contribution in [0.3, 0.4) is 0 Å². The van der Waals surface area contributed by atoms with Gasteiger partial charge in [-0.3, -0.25) is 4.84 Å². The lowest BCUT2D eigenvalue weighted by Gasteiger charge is -2.27. The van der Waals surface area contributed by atoms with Crippen LogP contribution < -0.4 is 9.80 Å². The van der Waals surface area contributed by atoms with E-state index in [1.807, 2.05) is 18.2 Å². The molecule has 1 saturated carbocycles. The highest BCUT2D eigenvalue weighted by molar-refractivity contribution is 5.51. The van der Waals surface area contributed by atoms with Crippen molar-refractivity contribution < 1.29 is 9.57 Å². The summed E-state index contributed by atoms with van der Waals surface area (Å²) >= 11 is 0. The van der Waals surface area contributed by atoms with Crippen LogP contribution in [0.5, 0.6) is 5.75 Å². The van der Waals surface area contributed by atoms with E-state index in [4.69, 9.17) is 9.57 Å². The van der Waals surface area contributed by atoms with Crippen LogP contribution in [-0.2, 0) is 4.84 Å². The molecule has 136 valence electrons. The van der Waals surface area contributed by atoms with E-state index in [9.17, 15) is 0 Å². The first-order chi connectivity index (χ1) is 13.3. The molecule has 2 fully saturated rings. The minimum absolute atomic E-state index is 0.0750. The Labute approximate surface area is 160 Å². The first-order valence-corrected chi connectivity index (χ1v) is 9.52. The van der Waals surface area contributed by atoms with E-state index in [2.05, 4.69) is 71.8 Å². The first-order valence-electron chi connectivity index (χ1n) is 9.52. The van der Waals surface area contributed by atoms with Gasteiger partial charge in [0.2, 0.25) is 0 Å². The summed E-state index contributed by atoms with van der Waals surface area (Å²) in [6.07, 6.45) is 2.42. The Morgan fingerprint density at radius 3 is 2.04 bits per heavy atom.